The molecule has 0 aliphatic heterocycles. The van der Waals surface area contributed by atoms with E-state index in [0.29, 0.717) is 19.2 Å². The summed E-state index contributed by atoms with van der Waals surface area (Å²) in [7, 11) is 17.7. The minimum Gasteiger partial charge on any atom is -0.368 e. The SMILES string of the molecule is CCN(C)C(=O)CN(C)C(=O)CN(C)C(=O)CN(C)C.CCN(C)CC(=O)N(C)CC(=O)N(C)CC=O.CN(C=O)CC(=O)N(C)CC(=O)N(C)CC(N)=O. The third-order valence-electron chi connectivity index (χ3n) is 7.65. The lowest BCUT2D eigenvalue weighted by molar-refractivity contribution is -0.142. The molecule has 0 radical (unpaired) electrons. The quantitative estimate of drug-likeness (QED) is 0.109. The van der Waals surface area contributed by atoms with Crippen LogP contribution >= 0.6 is 0 Å². The van der Waals surface area contributed by atoms with Gasteiger partial charge in [-0.25, -0.2) is 0 Å². The first-order valence-corrected chi connectivity index (χ1v) is 17.3. The zero-order chi connectivity index (χ0) is 43.6. The number of hydrogen-bond donors (Lipinski definition) is 1. The van der Waals surface area contributed by atoms with Crippen molar-refractivity contribution in [1.29, 1.82) is 0 Å². The summed E-state index contributed by atoms with van der Waals surface area (Å²) in [6.07, 6.45) is 1.18. The number of likely N-dealkylation sites (N-methyl/N-ethyl adjacent to an activating group) is 10. The van der Waals surface area contributed by atoms with Crippen LogP contribution in [0.2, 0.25) is 0 Å². The van der Waals surface area contributed by atoms with Crippen LogP contribution in [0.5, 0.6) is 0 Å². The van der Waals surface area contributed by atoms with Crippen LogP contribution in [0.1, 0.15) is 13.8 Å². The molecule has 21 nitrogen and oxygen atoms in total. The Morgan fingerprint density at radius 1 is 0.418 bits per heavy atom. The van der Waals surface area contributed by atoms with Gasteiger partial charge in [-0.2, -0.15) is 0 Å². The third-order valence-corrected chi connectivity index (χ3v) is 7.65. The molecule has 0 spiro atoms. The van der Waals surface area contributed by atoms with Crippen LogP contribution in [0.3, 0.4) is 0 Å². The molecule has 0 saturated heterocycles. The van der Waals surface area contributed by atoms with E-state index >= 15 is 0 Å². The Kier molecular flexibility index (Phi) is 28.8. The topological polar surface area (TPSA) is 229 Å². The second kappa shape index (κ2) is 29.2. The highest BCUT2D eigenvalue weighted by Crippen LogP contribution is 1.96. The molecule has 21 heteroatoms. The number of aldehydes is 1. The standard InChI is InChI=1S/C13H26N4O3.C11H21N3O3.C10H18N4O4/c1-7-15(4)12(19)9-17(6)13(20)10-16(5)11(18)8-14(2)3;1-5-12(2)8-10(16)14(4)9-11(17)13(3)6-7-15;1-12(7-15)5-9(17)14(3)6-10(18)13(2)4-8(11)16/h7-10H2,1-6H3;7H,5-6,8-9H2,1-4H3;7H,4-6H2,1-3H3,(H2,11,16). The van der Waals surface area contributed by atoms with E-state index in [1.807, 2.05) is 25.8 Å². The largest absolute Gasteiger partial charge is 0.368 e. The minimum atomic E-state index is -0.625. The van der Waals surface area contributed by atoms with Crippen molar-refractivity contribution in [2.24, 2.45) is 5.73 Å². The van der Waals surface area contributed by atoms with E-state index in [1.54, 1.807) is 52.1 Å². The lowest BCUT2D eigenvalue weighted by atomic mass is 10.4. The summed E-state index contributed by atoms with van der Waals surface area (Å²) in [4.78, 5) is 127. The van der Waals surface area contributed by atoms with Gasteiger partial charge in [0.25, 0.3) is 0 Å². The first-order chi connectivity index (χ1) is 25.4. The van der Waals surface area contributed by atoms with Crippen molar-refractivity contribution in [3.05, 3.63) is 0 Å². The van der Waals surface area contributed by atoms with E-state index in [4.69, 9.17) is 5.73 Å². The number of carbonyl (C=O) groups excluding carboxylic acids is 10. The van der Waals surface area contributed by atoms with Crippen molar-refractivity contribution in [2.45, 2.75) is 13.8 Å². The molecule has 2 N–H and O–H groups in total. The van der Waals surface area contributed by atoms with Gasteiger partial charge < -0.3 is 54.6 Å². The van der Waals surface area contributed by atoms with Crippen molar-refractivity contribution in [3.63, 3.8) is 0 Å². The van der Waals surface area contributed by atoms with Crippen molar-refractivity contribution >= 4 is 60.0 Å². The van der Waals surface area contributed by atoms with E-state index in [0.717, 1.165) is 16.3 Å². The zero-order valence-corrected chi connectivity index (χ0v) is 35.1. The molecule has 0 aromatic heterocycles. The monoisotopic (exact) mass is 787 g/mol. The van der Waals surface area contributed by atoms with E-state index in [2.05, 4.69) is 0 Å². The molecule has 0 fully saturated rings. The number of nitrogens with zero attached hydrogens (tertiary/aromatic N) is 10. The van der Waals surface area contributed by atoms with E-state index in [1.165, 1.54) is 52.7 Å². The van der Waals surface area contributed by atoms with Crippen molar-refractivity contribution in [1.82, 2.24) is 49.0 Å². The van der Waals surface area contributed by atoms with E-state index in [-0.39, 0.29) is 94.3 Å². The van der Waals surface area contributed by atoms with Crippen molar-refractivity contribution in [3.8, 4) is 0 Å². The maximum Gasteiger partial charge on any atom is 0.242 e. The molecule has 0 heterocycles. The Morgan fingerprint density at radius 2 is 0.745 bits per heavy atom. The molecule has 0 saturated carbocycles. The summed E-state index contributed by atoms with van der Waals surface area (Å²) in [5.74, 6) is -2.25. The second-order valence-electron chi connectivity index (χ2n) is 13.2. The van der Waals surface area contributed by atoms with Gasteiger partial charge in [-0.3, -0.25) is 48.1 Å². The Bertz CT molecular complexity index is 1280. The first-order valence-electron chi connectivity index (χ1n) is 17.3. The van der Waals surface area contributed by atoms with Gasteiger partial charge in [0.05, 0.1) is 58.9 Å². The van der Waals surface area contributed by atoms with Crippen molar-refractivity contribution in [2.75, 3.05) is 150 Å². The maximum absolute atomic E-state index is 11.9. The number of carbonyl (C=O) groups is 10. The van der Waals surface area contributed by atoms with Gasteiger partial charge in [0.2, 0.25) is 53.7 Å². The van der Waals surface area contributed by atoms with Crippen molar-refractivity contribution < 1.29 is 47.9 Å². The molecule has 9 amide bonds. The number of hydrogen-bond acceptors (Lipinski definition) is 12. The van der Waals surface area contributed by atoms with Crippen LogP contribution in [0.25, 0.3) is 0 Å². The third kappa shape index (κ3) is 26.3. The summed E-state index contributed by atoms with van der Waals surface area (Å²) >= 11 is 0. The molecule has 0 atom stereocenters. The van der Waals surface area contributed by atoms with Gasteiger partial charge in [-0.05, 0) is 34.6 Å². The molecular formula is C34H65N11O10. The summed E-state index contributed by atoms with van der Waals surface area (Å²) in [6, 6.07) is 0. The maximum atomic E-state index is 11.9. The molecule has 0 aliphatic rings. The molecule has 0 aromatic rings. The number of amides is 9. The van der Waals surface area contributed by atoms with E-state index in [9.17, 15) is 47.9 Å². The average Bonchev–Trinajstić information content (AvgIpc) is 3.10. The summed E-state index contributed by atoms with van der Waals surface area (Å²) in [6.45, 7) is 5.33. The number of nitrogens with two attached hydrogens (primary N) is 1. The zero-order valence-electron chi connectivity index (χ0n) is 35.1. The van der Waals surface area contributed by atoms with Crippen LogP contribution < -0.4 is 5.73 Å². The highest BCUT2D eigenvalue weighted by molar-refractivity contribution is 5.89. The molecule has 55 heavy (non-hydrogen) atoms. The van der Waals surface area contributed by atoms with Gasteiger partial charge in [0.15, 0.2) is 0 Å². The summed E-state index contributed by atoms with van der Waals surface area (Å²) in [5, 5.41) is 0. The Hall–Kier alpha value is -5.18. The Morgan fingerprint density at radius 3 is 1.07 bits per heavy atom. The lowest BCUT2D eigenvalue weighted by Crippen LogP contribution is -2.45. The van der Waals surface area contributed by atoms with Gasteiger partial charge in [-0.1, -0.05) is 6.92 Å². The number of rotatable bonds is 21. The average molecular weight is 788 g/mol. The normalized spacial score (nSPS) is 10.0. The molecule has 0 aromatic carbocycles. The minimum absolute atomic E-state index is 0.000722. The highest BCUT2D eigenvalue weighted by atomic mass is 16.2. The lowest BCUT2D eigenvalue weighted by Gasteiger charge is -2.24. The fourth-order valence-electron chi connectivity index (χ4n) is 3.58. The molecular weight excluding hydrogens is 722 g/mol. The smallest absolute Gasteiger partial charge is 0.242 e. The molecule has 0 aliphatic carbocycles. The molecule has 0 unspecified atom stereocenters. The van der Waals surface area contributed by atoms with Gasteiger partial charge >= 0.3 is 0 Å². The molecule has 0 rings (SSSR count). The predicted octanol–water partition coefficient (Wildman–Crippen LogP) is -4.53. The van der Waals surface area contributed by atoms with Crippen LogP contribution in [0, 0.1) is 0 Å². The van der Waals surface area contributed by atoms with E-state index < -0.39 is 11.8 Å². The molecule has 316 valence electrons. The van der Waals surface area contributed by atoms with Crippen LogP contribution in [0.15, 0.2) is 0 Å². The van der Waals surface area contributed by atoms with Crippen LogP contribution in [-0.2, 0) is 47.9 Å². The summed E-state index contributed by atoms with van der Waals surface area (Å²) < 4.78 is 0. The Balaban J connectivity index is -0.000000740. The van der Waals surface area contributed by atoms with Crippen LogP contribution in [-0.4, -0.2) is 258 Å². The fourth-order valence-corrected chi connectivity index (χ4v) is 3.58. The highest BCUT2D eigenvalue weighted by Gasteiger charge is 2.20. The van der Waals surface area contributed by atoms with Gasteiger partial charge in [-0.15, -0.1) is 0 Å². The van der Waals surface area contributed by atoms with Gasteiger partial charge in [0.1, 0.15) is 6.29 Å². The van der Waals surface area contributed by atoms with Crippen LogP contribution in [0.4, 0.5) is 0 Å². The molecule has 0 bridgehead atoms. The first kappa shape index (κ1) is 54.2. The Labute approximate surface area is 325 Å². The second-order valence-corrected chi connectivity index (χ2v) is 13.2. The number of primary amides is 1. The summed E-state index contributed by atoms with van der Waals surface area (Å²) in [5.41, 5.74) is 4.95. The van der Waals surface area contributed by atoms with Gasteiger partial charge in [0, 0.05) is 62.9 Å². The fraction of sp³-hybridized carbons (Fsp3) is 0.706. The predicted molar refractivity (Wildman–Crippen MR) is 205 cm³/mol.